The van der Waals surface area contributed by atoms with E-state index >= 15 is 0 Å². The average Bonchev–Trinajstić information content (AvgIpc) is 2.75. The molecule has 4 heteroatoms. The fraction of sp³-hybridized carbons (Fsp3) is 0.647. The van der Waals surface area contributed by atoms with Crippen LogP contribution < -0.4 is 5.32 Å². The molecule has 0 bridgehead atoms. The Morgan fingerprint density at radius 2 is 1.86 bits per heavy atom. The second-order valence-corrected chi connectivity index (χ2v) is 5.86. The molecule has 0 amide bonds. The van der Waals surface area contributed by atoms with Crippen LogP contribution in [0, 0.1) is 11.6 Å². The van der Waals surface area contributed by atoms with Gasteiger partial charge in [0.15, 0.2) is 11.6 Å². The Balaban J connectivity index is 2.11. The summed E-state index contributed by atoms with van der Waals surface area (Å²) >= 11 is 0. The maximum Gasteiger partial charge on any atom is 0.163 e. The van der Waals surface area contributed by atoms with Crippen molar-refractivity contribution in [3.63, 3.8) is 0 Å². The van der Waals surface area contributed by atoms with Crippen LogP contribution in [0.1, 0.15) is 50.6 Å². The summed E-state index contributed by atoms with van der Waals surface area (Å²) in [6.07, 6.45) is 5.93. The third kappa shape index (κ3) is 4.75. The molecule has 1 saturated heterocycles. The van der Waals surface area contributed by atoms with E-state index in [1.807, 2.05) is 0 Å². The number of likely N-dealkylation sites (tertiary alicyclic amines) is 1. The SMILES string of the molecule is CCCNC(CN1CCCCCC1)c1cccc(F)c1F. The van der Waals surface area contributed by atoms with Crippen LogP contribution in [0.5, 0.6) is 0 Å². The summed E-state index contributed by atoms with van der Waals surface area (Å²) in [5.41, 5.74) is 0.452. The van der Waals surface area contributed by atoms with Gasteiger partial charge in [-0.15, -0.1) is 0 Å². The smallest absolute Gasteiger partial charge is 0.163 e. The maximum absolute atomic E-state index is 14.1. The molecule has 1 aliphatic rings. The van der Waals surface area contributed by atoms with Gasteiger partial charge < -0.3 is 10.2 Å². The van der Waals surface area contributed by atoms with Crippen LogP contribution in [0.3, 0.4) is 0 Å². The summed E-state index contributed by atoms with van der Waals surface area (Å²) in [5, 5.41) is 3.37. The standard InChI is InChI=1S/C17H26F2N2/c1-2-10-20-16(13-21-11-5-3-4-6-12-21)14-8-7-9-15(18)17(14)19/h7-9,16,20H,2-6,10-13H2,1H3. The molecule has 1 N–H and O–H groups in total. The van der Waals surface area contributed by atoms with E-state index in [1.165, 1.54) is 31.7 Å². The second kappa shape index (κ2) is 8.44. The molecule has 2 nitrogen and oxygen atoms in total. The molecule has 0 spiro atoms. The van der Waals surface area contributed by atoms with E-state index in [9.17, 15) is 8.78 Å². The van der Waals surface area contributed by atoms with Crippen molar-refractivity contribution in [2.24, 2.45) is 0 Å². The van der Waals surface area contributed by atoms with E-state index in [0.29, 0.717) is 5.56 Å². The molecule has 2 rings (SSSR count). The van der Waals surface area contributed by atoms with Crippen LogP contribution in [0.2, 0.25) is 0 Å². The molecule has 0 aromatic heterocycles. The highest BCUT2D eigenvalue weighted by Gasteiger charge is 2.21. The summed E-state index contributed by atoms with van der Waals surface area (Å²) in [5.74, 6) is -1.47. The van der Waals surface area contributed by atoms with Gasteiger partial charge in [0.2, 0.25) is 0 Å². The van der Waals surface area contributed by atoms with Crippen molar-refractivity contribution in [2.45, 2.75) is 45.1 Å². The van der Waals surface area contributed by atoms with Crippen molar-refractivity contribution in [2.75, 3.05) is 26.2 Å². The van der Waals surface area contributed by atoms with Gasteiger partial charge in [-0.2, -0.15) is 0 Å². The highest BCUT2D eigenvalue weighted by molar-refractivity contribution is 5.23. The fourth-order valence-corrected chi connectivity index (χ4v) is 2.96. The molecular formula is C17H26F2N2. The van der Waals surface area contributed by atoms with Gasteiger partial charge in [0, 0.05) is 18.2 Å². The minimum atomic E-state index is -0.758. The molecule has 0 radical (unpaired) electrons. The molecule has 1 aromatic carbocycles. The number of halogens is 2. The van der Waals surface area contributed by atoms with Crippen molar-refractivity contribution < 1.29 is 8.78 Å². The van der Waals surface area contributed by atoms with Crippen LogP contribution in [0.25, 0.3) is 0 Å². The number of hydrogen-bond donors (Lipinski definition) is 1. The van der Waals surface area contributed by atoms with Gasteiger partial charge in [0.05, 0.1) is 0 Å². The van der Waals surface area contributed by atoms with E-state index < -0.39 is 11.6 Å². The molecular weight excluding hydrogens is 270 g/mol. The maximum atomic E-state index is 14.1. The van der Waals surface area contributed by atoms with Crippen LogP contribution >= 0.6 is 0 Å². The Kier molecular flexibility index (Phi) is 6.58. The lowest BCUT2D eigenvalue weighted by atomic mass is 10.0. The summed E-state index contributed by atoms with van der Waals surface area (Å²) < 4.78 is 27.6. The molecule has 0 saturated carbocycles. The zero-order valence-corrected chi connectivity index (χ0v) is 12.9. The Hall–Kier alpha value is -1.00. The predicted molar refractivity (Wildman–Crippen MR) is 82.3 cm³/mol. The fourth-order valence-electron chi connectivity index (χ4n) is 2.96. The van der Waals surface area contributed by atoms with Crippen molar-refractivity contribution in [3.05, 3.63) is 35.4 Å². The van der Waals surface area contributed by atoms with Gasteiger partial charge in [-0.3, -0.25) is 0 Å². The first-order valence-corrected chi connectivity index (χ1v) is 8.12. The molecule has 1 atom stereocenters. The van der Waals surface area contributed by atoms with Gasteiger partial charge in [-0.25, -0.2) is 8.78 Å². The average molecular weight is 296 g/mol. The zero-order valence-electron chi connectivity index (χ0n) is 12.9. The lowest BCUT2D eigenvalue weighted by Crippen LogP contribution is -2.36. The highest BCUT2D eigenvalue weighted by Crippen LogP contribution is 2.22. The first-order valence-electron chi connectivity index (χ1n) is 8.12. The third-order valence-electron chi connectivity index (χ3n) is 4.14. The molecule has 1 unspecified atom stereocenters. The molecule has 118 valence electrons. The van der Waals surface area contributed by atoms with Crippen molar-refractivity contribution in [1.82, 2.24) is 10.2 Å². The van der Waals surface area contributed by atoms with E-state index in [-0.39, 0.29) is 6.04 Å². The quantitative estimate of drug-likeness (QED) is 0.857. The van der Waals surface area contributed by atoms with Crippen LogP contribution in [-0.4, -0.2) is 31.1 Å². The molecule has 0 aliphatic carbocycles. The highest BCUT2D eigenvalue weighted by atomic mass is 19.2. The molecule has 1 heterocycles. The Morgan fingerprint density at radius 3 is 2.52 bits per heavy atom. The first-order chi connectivity index (χ1) is 10.2. The Bertz CT molecular complexity index is 429. The van der Waals surface area contributed by atoms with Gasteiger partial charge >= 0.3 is 0 Å². The molecule has 1 fully saturated rings. The van der Waals surface area contributed by atoms with Gasteiger partial charge in [0.1, 0.15) is 0 Å². The zero-order chi connectivity index (χ0) is 15.1. The Labute approximate surface area is 126 Å². The molecule has 1 aromatic rings. The first kappa shape index (κ1) is 16.4. The van der Waals surface area contributed by atoms with Gasteiger partial charge in [-0.1, -0.05) is 31.9 Å². The number of nitrogens with one attached hydrogen (secondary N) is 1. The number of benzene rings is 1. The van der Waals surface area contributed by atoms with Crippen molar-refractivity contribution in [3.8, 4) is 0 Å². The minimum Gasteiger partial charge on any atom is -0.309 e. The summed E-state index contributed by atoms with van der Waals surface area (Å²) in [4.78, 5) is 2.38. The van der Waals surface area contributed by atoms with Crippen LogP contribution in [0.4, 0.5) is 8.78 Å². The molecule has 21 heavy (non-hydrogen) atoms. The predicted octanol–water partition coefficient (Wildman–Crippen LogP) is 3.88. The Morgan fingerprint density at radius 1 is 1.14 bits per heavy atom. The lowest BCUT2D eigenvalue weighted by Gasteiger charge is -2.27. The third-order valence-corrected chi connectivity index (χ3v) is 4.14. The number of nitrogens with zero attached hydrogens (tertiary/aromatic N) is 1. The number of hydrogen-bond acceptors (Lipinski definition) is 2. The van der Waals surface area contributed by atoms with Crippen molar-refractivity contribution >= 4 is 0 Å². The van der Waals surface area contributed by atoms with Gasteiger partial charge in [0.25, 0.3) is 0 Å². The number of rotatable bonds is 6. The lowest BCUT2D eigenvalue weighted by molar-refractivity contribution is 0.248. The van der Waals surface area contributed by atoms with E-state index in [0.717, 1.165) is 32.6 Å². The van der Waals surface area contributed by atoms with Crippen LogP contribution in [-0.2, 0) is 0 Å². The minimum absolute atomic E-state index is 0.140. The van der Waals surface area contributed by atoms with E-state index in [2.05, 4.69) is 17.1 Å². The van der Waals surface area contributed by atoms with Gasteiger partial charge in [-0.05, 0) is 45.0 Å². The summed E-state index contributed by atoms with van der Waals surface area (Å²) in [6, 6.07) is 4.33. The van der Waals surface area contributed by atoms with E-state index in [4.69, 9.17) is 0 Å². The normalized spacial score (nSPS) is 18.4. The molecule has 1 aliphatic heterocycles. The summed E-state index contributed by atoms with van der Waals surface area (Å²) in [7, 11) is 0. The largest absolute Gasteiger partial charge is 0.309 e. The second-order valence-electron chi connectivity index (χ2n) is 5.86. The summed E-state index contributed by atoms with van der Waals surface area (Å²) in [6.45, 7) is 5.76. The van der Waals surface area contributed by atoms with Crippen molar-refractivity contribution in [1.29, 1.82) is 0 Å². The van der Waals surface area contributed by atoms with E-state index in [1.54, 1.807) is 12.1 Å². The monoisotopic (exact) mass is 296 g/mol. The topological polar surface area (TPSA) is 15.3 Å². The van der Waals surface area contributed by atoms with Crippen LogP contribution in [0.15, 0.2) is 18.2 Å².